The highest BCUT2D eigenvalue weighted by molar-refractivity contribution is 9.10. The Morgan fingerprint density at radius 2 is 1.93 bits per heavy atom. The summed E-state index contributed by atoms with van der Waals surface area (Å²) in [5.41, 5.74) is 6.49. The molecule has 0 unspecified atom stereocenters. The van der Waals surface area contributed by atoms with E-state index in [9.17, 15) is 19.1 Å². The van der Waals surface area contributed by atoms with Crippen LogP contribution in [0.5, 0.6) is 11.5 Å². The van der Waals surface area contributed by atoms with Gasteiger partial charge in [-0.2, -0.15) is 0 Å². The van der Waals surface area contributed by atoms with Crippen LogP contribution >= 0.6 is 15.9 Å². The summed E-state index contributed by atoms with van der Waals surface area (Å²) >= 11 is 3.49. The molecule has 43 heavy (non-hydrogen) atoms. The number of aromatic nitrogens is 2. The Morgan fingerprint density at radius 3 is 2.58 bits per heavy atom. The predicted molar refractivity (Wildman–Crippen MR) is 161 cm³/mol. The number of hydrogen-bond donors (Lipinski definition) is 3. The van der Waals surface area contributed by atoms with Crippen LogP contribution in [-0.4, -0.2) is 47.2 Å². The molecule has 2 aliphatic rings. The SMILES string of the molecule is COc1cc(C(=O)NC[C@](O)(c2cc3c(c(-c4ccc(F)cc4)n2)OC[C@]3(C)C(N)=O)C2CC2)cc2cc(Br)c(C)nc12. The highest BCUT2D eigenvalue weighted by Gasteiger charge is 2.50. The first kappa shape index (κ1) is 29.0. The van der Waals surface area contributed by atoms with E-state index >= 15 is 0 Å². The topological polar surface area (TPSA) is 137 Å². The van der Waals surface area contributed by atoms with E-state index in [1.54, 1.807) is 37.3 Å². The molecule has 1 aliphatic heterocycles. The third-order valence-electron chi connectivity index (χ3n) is 8.44. The second-order valence-electron chi connectivity index (χ2n) is 11.4. The van der Waals surface area contributed by atoms with Crippen molar-refractivity contribution in [3.63, 3.8) is 0 Å². The molecule has 2 atom stereocenters. The minimum Gasteiger partial charge on any atom is -0.494 e. The number of amides is 2. The van der Waals surface area contributed by atoms with Crippen molar-refractivity contribution in [2.75, 3.05) is 20.3 Å². The molecule has 2 aromatic carbocycles. The number of fused-ring (bicyclic) bond motifs is 2. The Hall–Kier alpha value is -4.09. The first-order valence-electron chi connectivity index (χ1n) is 13.8. The summed E-state index contributed by atoms with van der Waals surface area (Å²) in [6.07, 6.45) is 1.45. The summed E-state index contributed by atoms with van der Waals surface area (Å²) in [5.74, 6) is -0.793. The molecule has 1 aliphatic carbocycles. The van der Waals surface area contributed by atoms with Gasteiger partial charge in [0, 0.05) is 26.5 Å². The minimum absolute atomic E-state index is 0.00385. The van der Waals surface area contributed by atoms with E-state index in [1.165, 1.54) is 19.2 Å². The Bertz CT molecular complexity index is 1800. The second kappa shape index (κ2) is 10.6. The van der Waals surface area contributed by atoms with E-state index in [0.29, 0.717) is 39.4 Å². The normalized spacial score (nSPS) is 18.9. The molecule has 11 heteroatoms. The molecule has 6 rings (SSSR count). The number of carbonyl (C=O) groups excluding carboxylic acids is 2. The zero-order valence-corrected chi connectivity index (χ0v) is 25.4. The number of pyridine rings is 2. The Morgan fingerprint density at radius 1 is 1.21 bits per heavy atom. The number of rotatable bonds is 8. The van der Waals surface area contributed by atoms with Crippen LogP contribution in [0.3, 0.4) is 0 Å². The van der Waals surface area contributed by atoms with Crippen molar-refractivity contribution >= 4 is 38.6 Å². The number of hydrogen-bond acceptors (Lipinski definition) is 7. The van der Waals surface area contributed by atoms with E-state index in [4.69, 9.17) is 20.2 Å². The zero-order chi connectivity index (χ0) is 30.7. The molecule has 222 valence electrons. The smallest absolute Gasteiger partial charge is 0.251 e. The lowest BCUT2D eigenvalue weighted by Crippen LogP contribution is -2.44. The fourth-order valence-electron chi connectivity index (χ4n) is 5.54. The van der Waals surface area contributed by atoms with Gasteiger partial charge in [0.25, 0.3) is 5.91 Å². The van der Waals surface area contributed by atoms with Gasteiger partial charge in [0.05, 0.1) is 25.0 Å². The van der Waals surface area contributed by atoms with Crippen molar-refractivity contribution in [2.45, 2.75) is 37.7 Å². The van der Waals surface area contributed by atoms with E-state index < -0.39 is 28.6 Å². The number of nitrogens with zero attached hydrogens (tertiary/aromatic N) is 2. The standard InChI is InChI=1S/C32H30BrFN4O5/c1-16-23(33)11-18-10-19(12-24(42-3)26(18)37-16)29(39)36-14-32(41,20-6-7-20)25-13-22-28(43-15-31(22,2)30(35)40)27(38-25)17-4-8-21(34)9-5-17/h4-5,8-13,20,41H,6-7,14-15H2,1-3H3,(H2,35,40)(H,36,39)/t31-,32+/m0/s1. The molecule has 1 saturated carbocycles. The third kappa shape index (κ3) is 5.00. The van der Waals surface area contributed by atoms with Crippen molar-refractivity contribution in [2.24, 2.45) is 11.7 Å². The summed E-state index contributed by atoms with van der Waals surface area (Å²) in [4.78, 5) is 35.4. The minimum atomic E-state index is -1.57. The summed E-state index contributed by atoms with van der Waals surface area (Å²) in [6.45, 7) is 3.41. The molecular weight excluding hydrogens is 619 g/mol. The van der Waals surface area contributed by atoms with Crippen LogP contribution < -0.4 is 20.5 Å². The Labute approximate surface area is 255 Å². The van der Waals surface area contributed by atoms with Gasteiger partial charge in [0.15, 0.2) is 0 Å². The van der Waals surface area contributed by atoms with Crippen LogP contribution in [0.25, 0.3) is 22.2 Å². The number of benzene rings is 2. The van der Waals surface area contributed by atoms with E-state index in [0.717, 1.165) is 28.4 Å². The number of aliphatic hydroxyl groups is 1. The molecule has 0 saturated heterocycles. The molecule has 9 nitrogen and oxygen atoms in total. The molecule has 1 fully saturated rings. The maximum Gasteiger partial charge on any atom is 0.251 e. The first-order chi connectivity index (χ1) is 20.4. The number of ether oxygens (including phenoxy) is 2. The van der Waals surface area contributed by atoms with Crippen LogP contribution in [-0.2, 0) is 15.8 Å². The van der Waals surface area contributed by atoms with E-state index in [1.807, 2.05) is 13.0 Å². The van der Waals surface area contributed by atoms with Crippen molar-refractivity contribution in [1.29, 1.82) is 0 Å². The van der Waals surface area contributed by atoms with Crippen LogP contribution in [0.15, 0.2) is 53.0 Å². The van der Waals surface area contributed by atoms with Gasteiger partial charge in [-0.25, -0.2) is 14.4 Å². The van der Waals surface area contributed by atoms with E-state index in [-0.39, 0.29) is 24.8 Å². The van der Waals surface area contributed by atoms with Gasteiger partial charge >= 0.3 is 0 Å². The number of primary amides is 1. The molecule has 0 radical (unpaired) electrons. The average Bonchev–Trinajstić information content (AvgIpc) is 3.79. The van der Waals surface area contributed by atoms with Gasteiger partial charge in [0.1, 0.15) is 46.1 Å². The van der Waals surface area contributed by atoms with Crippen molar-refractivity contribution in [3.8, 4) is 22.8 Å². The maximum absolute atomic E-state index is 13.8. The van der Waals surface area contributed by atoms with Crippen LogP contribution in [0.4, 0.5) is 4.39 Å². The quantitative estimate of drug-likeness (QED) is 0.252. The number of aryl methyl sites for hydroxylation is 1. The van der Waals surface area contributed by atoms with Crippen LogP contribution in [0.1, 0.15) is 47.1 Å². The Kier molecular flexibility index (Phi) is 7.13. The second-order valence-corrected chi connectivity index (χ2v) is 12.3. The summed E-state index contributed by atoms with van der Waals surface area (Å²) in [7, 11) is 1.52. The summed E-state index contributed by atoms with van der Waals surface area (Å²) in [5, 5.41) is 15.8. The number of carbonyl (C=O) groups is 2. The fraction of sp³-hybridized carbons (Fsp3) is 0.312. The monoisotopic (exact) mass is 648 g/mol. The lowest BCUT2D eigenvalue weighted by Gasteiger charge is -2.30. The Balaban J connectivity index is 1.39. The number of nitrogens with one attached hydrogen (secondary N) is 1. The molecule has 2 aromatic heterocycles. The fourth-order valence-corrected chi connectivity index (χ4v) is 5.88. The van der Waals surface area contributed by atoms with Crippen molar-refractivity contribution in [1.82, 2.24) is 15.3 Å². The highest BCUT2D eigenvalue weighted by Crippen LogP contribution is 2.50. The van der Waals surface area contributed by atoms with Gasteiger partial charge < -0.3 is 25.6 Å². The van der Waals surface area contributed by atoms with Gasteiger partial charge in [0.2, 0.25) is 5.91 Å². The predicted octanol–water partition coefficient (Wildman–Crippen LogP) is 4.68. The lowest BCUT2D eigenvalue weighted by atomic mass is 9.81. The molecule has 2 amide bonds. The van der Waals surface area contributed by atoms with Gasteiger partial charge in [-0.1, -0.05) is 0 Å². The van der Waals surface area contributed by atoms with Gasteiger partial charge in [-0.05, 0) is 97.1 Å². The molecule has 4 N–H and O–H groups in total. The summed E-state index contributed by atoms with van der Waals surface area (Å²) in [6, 6.07) is 12.6. The summed E-state index contributed by atoms with van der Waals surface area (Å²) < 4.78 is 26.0. The number of methoxy groups -OCH3 is 1. The largest absolute Gasteiger partial charge is 0.494 e. The van der Waals surface area contributed by atoms with Crippen LogP contribution in [0, 0.1) is 18.7 Å². The first-order valence-corrected chi connectivity index (χ1v) is 14.6. The van der Waals surface area contributed by atoms with Gasteiger partial charge in [-0.15, -0.1) is 0 Å². The number of halogens is 2. The van der Waals surface area contributed by atoms with E-state index in [2.05, 4.69) is 26.2 Å². The maximum atomic E-state index is 13.8. The third-order valence-corrected chi connectivity index (χ3v) is 9.25. The molecule has 3 heterocycles. The van der Waals surface area contributed by atoms with Crippen LogP contribution in [0.2, 0.25) is 0 Å². The average molecular weight is 650 g/mol. The number of nitrogens with two attached hydrogens (primary N) is 1. The van der Waals surface area contributed by atoms with Gasteiger partial charge in [-0.3, -0.25) is 9.59 Å². The molecule has 0 bridgehead atoms. The lowest BCUT2D eigenvalue weighted by molar-refractivity contribution is -0.123. The molecular formula is C32H30BrFN4O5. The molecule has 0 spiro atoms. The highest BCUT2D eigenvalue weighted by atomic mass is 79.9. The molecule has 4 aromatic rings. The van der Waals surface area contributed by atoms with Crippen molar-refractivity contribution in [3.05, 3.63) is 81.3 Å². The van der Waals surface area contributed by atoms with Crippen molar-refractivity contribution < 1.29 is 28.6 Å². The zero-order valence-electron chi connectivity index (χ0n) is 23.8.